The molecule has 0 radical (unpaired) electrons. The summed E-state index contributed by atoms with van der Waals surface area (Å²) in [5.41, 5.74) is 3.20. The Bertz CT molecular complexity index is 684. The van der Waals surface area contributed by atoms with E-state index in [1.165, 1.54) is 5.69 Å². The first-order valence-corrected chi connectivity index (χ1v) is 8.40. The topological polar surface area (TPSA) is 31.4 Å². The van der Waals surface area contributed by atoms with E-state index in [0.29, 0.717) is 0 Å². The van der Waals surface area contributed by atoms with Gasteiger partial charge in [0, 0.05) is 55.0 Å². The molecule has 1 aliphatic rings. The second-order valence-corrected chi connectivity index (χ2v) is 6.32. The van der Waals surface area contributed by atoms with Gasteiger partial charge < -0.3 is 15.1 Å². The van der Waals surface area contributed by atoms with Crippen molar-refractivity contribution >= 4 is 40.3 Å². The number of halogens is 1. The monoisotopic (exact) mass is 346 g/mol. The van der Waals surface area contributed by atoms with Crippen molar-refractivity contribution in [3.63, 3.8) is 0 Å². The van der Waals surface area contributed by atoms with E-state index in [2.05, 4.69) is 20.1 Å². The zero-order valence-electron chi connectivity index (χ0n) is 13.0. The lowest BCUT2D eigenvalue weighted by atomic mass is 10.2. The van der Waals surface area contributed by atoms with Crippen LogP contribution < -0.4 is 10.2 Å². The minimum Gasteiger partial charge on any atom is -0.368 e. The lowest BCUT2D eigenvalue weighted by molar-refractivity contribution is 0.391. The number of pyridine rings is 1. The van der Waals surface area contributed by atoms with Crippen LogP contribution in [0.25, 0.3) is 0 Å². The van der Waals surface area contributed by atoms with E-state index in [4.69, 9.17) is 23.8 Å². The highest BCUT2D eigenvalue weighted by molar-refractivity contribution is 7.80. The van der Waals surface area contributed by atoms with Crippen LogP contribution in [-0.4, -0.2) is 41.2 Å². The summed E-state index contributed by atoms with van der Waals surface area (Å²) in [6, 6.07) is 9.91. The summed E-state index contributed by atoms with van der Waals surface area (Å²) in [5, 5.41) is 4.82. The van der Waals surface area contributed by atoms with Gasteiger partial charge in [-0.2, -0.15) is 0 Å². The van der Waals surface area contributed by atoms with Crippen molar-refractivity contribution in [1.82, 2.24) is 9.88 Å². The largest absolute Gasteiger partial charge is 0.368 e. The maximum Gasteiger partial charge on any atom is 0.173 e. The Kier molecular flexibility index (Phi) is 4.98. The van der Waals surface area contributed by atoms with E-state index in [9.17, 15) is 0 Å². The summed E-state index contributed by atoms with van der Waals surface area (Å²) < 4.78 is 0. The minimum absolute atomic E-state index is 0.750. The average molecular weight is 347 g/mol. The van der Waals surface area contributed by atoms with Crippen LogP contribution in [0.3, 0.4) is 0 Å². The Balaban J connectivity index is 1.59. The molecular weight excluding hydrogens is 328 g/mol. The Labute approximate surface area is 147 Å². The molecule has 23 heavy (non-hydrogen) atoms. The van der Waals surface area contributed by atoms with Crippen LogP contribution in [0.15, 0.2) is 42.7 Å². The number of piperazine rings is 1. The van der Waals surface area contributed by atoms with E-state index in [1.807, 2.05) is 49.6 Å². The van der Waals surface area contributed by atoms with Gasteiger partial charge in [0.05, 0.1) is 0 Å². The molecule has 1 aromatic heterocycles. The highest BCUT2D eigenvalue weighted by Crippen LogP contribution is 2.23. The van der Waals surface area contributed by atoms with Gasteiger partial charge in [0.2, 0.25) is 0 Å². The smallest absolute Gasteiger partial charge is 0.173 e. The molecule has 0 aliphatic carbocycles. The van der Waals surface area contributed by atoms with Crippen molar-refractivity contribution in [2.75, 3.05) is 36.4 Å². The number of hydrogen-bond donors (Lipinski definition) is 1. The van der Waals surface area contributed by atoms with Gasteiger partial charge >= 0.3 is 0 Å². The van der Waals surface area contributed by atoms with Crippen molar-refractivity contribution < 1.29 is 0 Å². The normalized spacial score (nSPS) is 14.7. The maximum absolute atomic E-state index is 6.16. The zero-order chi connectivity index (χ0) is 16.2. The van der Waals surface area contributed by atoms with E-state index in [-0.39, 0.29) is 0 Å². The van der Waals surface area contributed by atoms with Crippen LogP contribution in [0.5, 0.6) is 0 Å². The molecular formula is C17H19ClN4S. The Morgan fingerprint density at radius 3 is 2.52 bits per heavy atom. The van der Waals surface area contributed by atoms with Crippen LogP contribution in [0.4, 0.5) is 11.4 Å². The lowest BCUT2D eigenvalue weighted by Gasteiger charge is -2.37. The average Bonchev–Trinajstić information content (AvgIpc) is 2.60. The second kappa shape index (κ2) is 7.15. The summed E-state index contributed by atoms with van der Waals surface area (Å²) in [6.45, 7) is 5.68. The molecule has 0 spiro atoms. The van der Waals surface area contributed by atoms with Gasteiger partial charge in [0.25, 0.3) is 0 Å². The van der Waals surface area contributed by atoms with Gasteiger partial charge in [0.15, 0.2) is 5.11 Å². The van der Waals surface area contributed by atoms with Gasteiger partial charge in [-0.3, -0.25) is 4.98 Å². The van der Waals surface area contributed by atoms with Crippen LogP contribution in [0.1, 0.15) is 5.56 Å². The molecule has 120 valence electrons. The van der Waals surface area contributed by atoms with E-state index < -0.39 is 0 Å². The fraction of sp³-hybridized carbons (Fsp3) is 0.294. The number of anilines is 2. The van der Waals surface area contributed by atoms with E-state index >= 15 is 0 Å². The van der Waals surface area contributed by atoms with Crippen molar-refractivity contribution in [3.05, 3.63) is 53.3 Å². The predicted molar refractivity (Wildman–Crippen MR) is 100 cm³/mol. The van der Waals surface area contributed by atoms with Crippen LogP contribution in [-0.2, 0) is 0 Å². The number of thiocarbonyl (C=S) groups is 1. The van der Waals surface area contributed by atoms with Crippen molar-refractivity contribution in [2.24, 2.45) is 0 Å². The lowest BCUT2D eigenvalue weighted by Crippen LogP contribution is -2.50. The highest BCUT2D eigenvalue weighted by Gasteiger charge is 2.19. The molecule has 0 amide bonds. The molecule has 1 N–H and O–H groups in total. The third kappa shape index (κ3) is 3.74. The molecule has 0 saturated carbocycles. The molecule has 1 saturated heterocycles. The minimum atomic E-state index is 0.750. The summed E-state index contributed by atoms with van der Waals surface area (Å²) in [5.74, 6) is 0. The SMILES string of the molecule is Cc1c(Cl)cccc1NC(=S)N1CCN(c2ccncc2)CC1. The summed E-state index contributed by atoms with van der Waals surface area (Å²) in [4.78, 5) is 8.62. The van der Waals surface area contributed by atoms with Crippen LogP contribution in [0, 0.1) is 6.92 Å². The van der Waals surface area contributed by atoms with Gasteiger partial charge in [-0.05, 0) is 49.0 Å². The van der Waals surface area contributed by atoms with Crippen molar-refractivity contribution in [2.45, 2.75) is 6.92 Å². The Morgan fingerprint density at radius 1 is 1.13 bits per heavy atom. The van der Waals surface area contributed by atoms with Crippen LogP contribution in [0.2, 0.25) is 5.02 Å². The number of hydrogen-bond acceptors (Lipinski definition) is 3. The molecule has 0 unspecified atom stereocenters. The molecule has 0 bridgehead atoms. The van der Waals surface area contributed by atoms with Gasteiger partial charge in [-0.15, -0.1) is 0 Å². The van der Waals surface area contributed by atoms with Gasteiger partial charge in [-0.25, -0.2) is 0 Å². The first-order chi connectivity index (χ1) is 11.1. The Morgan fingerprint density at radius 2 is 1.83 bits per heavy atom. The number of benzene rings is 1. The maximum atomic E-state index is 6.16. The molecule has 0 atom stereocenters. The number of nitrogens with zero attached hydrogens (tertiary/aromatic N) is 3. The first kappa shape index (κ1) is 16.0. The Hall–Kier alpha value is -1.85. The highest BCUT2D eigenvalue weighted by atomic mass is 35.5. The van der Waals surface area contributed by atoms with E-state index in [0.717, 1.165) is 47.6 Å². The summed E-state index contributed by atoms with van der Waals surface area (Å²) in [7, 11) is 0. The molecule has 1 fully saturated rings. The molecule has 2 aromatic rings. The molecule has 1 aromatic carbocycles. The number of aromatic nitrogens is 1. The quantitative estimate of drug-likeness (QED) is 0.840. The summed E-state index contributed by atoms with van der Waals surface area (Å²) in [6.07, 6.45) is 3.66. The van der Waals surface area contributed by atoms with Crippen LogP contribution >= 0.6 is 23.8 Å². The van der Waals surface area contributed by atoms with Crippen molar-refractivity contribution in [1.29, 1.82) is 0 Å². The van der Waals surface area contributed by atoms with Gasteiger partial charge in [0.1, 0.15) is 0 Å². The van der Waals surface area contributed by atoms with E-state index in [1.54, 1.807) is 0 Å². The molecule has 1 aliphatic heterocycles. The third-order valence-electron chi connectivity index (χ3n) is 4.10. The number of rotatable bonds is 2. The molecule has 4 nitrogen and oxygen atoms in total. The first-order valence-electron chi connectivity index (χ1n) is 7.61. The molecule has 6 heteroatoms. The van der Waals surface area contributed by atoms with Crippen molar-refractivity contribution in [3.8, 4) is 0 Å². The molecule has 2 heterocycles. The summed E-state index contributed by atoms with van der Waals surface area (Å²) >= 11 is 11.7. The molecule has 3 rings (SSSR count). The fourth-order valence-corrected chi connectivity index (χ4v) is 3.13. The van der Waals surface area contributed by atoms with Gasteiger partial charge in [-0.1, -0.05) is 17.7 Å². The third-order valence-corrected chi connectivity index (χ3v) is 4.87. The fourth-order valence-electron chi connectivity index (χ4n) is 2.66. The zero-order valence-corrected chi connectivity index (χ0v) is 14.6. The standard InChI is InChI=1S/C17H19ClN4S/c1-13-15(18)3-2-4-16(13)20-17(23)22-11-9-21(10-12-22)14-5-7-19-8-6-14/h2-8H,9-12H2,1H3,(H,20,23). The number of nitrogens with one attached hydrogen (secondary N) is 1. The predicted octanol–water partition coefficient (Wildman–Crippen LogP) is 3.56. The second-order valence-electron chi connectivity index (χ2n) is 5.52.